The Bertz CT molecular complexity index is 1570. The highest BCUT2D eigenvalue weighted by Gasteiger charge is 2.15. The zero-order valence-electron chi connectivity index (χ0n) is 21.3. The van der Waals surface area contributed by atoms with Gasteiger partial charge in [-0.15, -0.1) is 0 Å². The van der Waals surface area contributed by atoms with Crippen molar-refractivity contribution in [3.63, 3.8) is 0 Å². The minimum Gasteiger partial charge on any atom is -0.493 e. The molecule has 0 aliphatic rings. The summed E-state index contributed by atoms with van der Waals surface area (Å²) in [5.41, 5.74) is 2.98. The van der Waals surface area contributed by atoms with Crippen molar-refractivity contribution in [2.24, 2.45) is 0 Å². The number of methoxy groups -OCH3 is 1. The molecule has 0 atom stereocenters. The van der Waals surface area contributed by atoms with Crippen molar-refractivity contribution in [2.45, 2.75) is 13.2 Å². The summed E-state index contributed by atoms with van der Waals surface area (Å²) in [7, 11) is 1.52. The van der Waals surface area contributed by atoms with Gasteiger partial charge in [0.15, 0.2) is 11.5 Å². The quantitative estimate of drug-likeness (QED) is 0.134. The first-order valence-corrected chi connectivity index (χ1v) is 14.0. The average molecular weight is 683 g/mol. The highest BCUT2D eigenvalue weighted by molar-refractivity contribution is 9.10. The number of anilines is 1. The average Bonchev–Trinajstić information content (AvgIpc) is 2.95. The number of carbonyl (C=O) groups excluding carboxylic acids is 1. The fourth-order valence-electron chi connectivity index (χ4n) is 3.64. The maximum Gasteiger partial charge on any atom is 0.266 e. The van der Waals surface area contributed by atoms with Crippen LogP contribution in [0.4, 0.5) is 5.69 Å². The van der Waals surface area contributed by atoms with Crippen molar-refractivity contribution in [3.8, 4) is 23.3 Å². The van der Waals surface area contributed by atoms with E-state index in [2.05, 4.69) is 37.2 Å². The Labute approximate surface area is 254 Å². The van der Waals surface area contributed by atoms with Gasteiger partial charge in [0.25, 0.3) is 5.91 Å². The Morgan fingerprint density at radius 3 is 2.35 bits per heavy atom. The fraction of sp³-hybridized carbons (Fsp3) is 0.0968. The van der Waals surface area contributed by atoms with Gasteiger partial charge in [-0.05, 0) is 99.4 Å². The fourth-order valence-corrected chi connectivity index (χ4v) is 4.69. The number of nitrogens with one attached hydrogen (secondary N) is 1. The van der Waals surface area contributed by atoms with Crippen LogP contribution in [0.25, 0.3) is 6.08 Å². The van der Waals surface area contributed by atoms with E-state index in [1.165, 1.54) is 13.2 Å². The predicted molar refractivity (Wildman–Crippen MR) is 164 cm³/mol. The van der Waals surface area contributed by atoms with Gasteiger partial charge in [0.1, 0.15) is 30.6 Å². The smallest absolute Gasteiger partial charge is 0.266 e. The number of nitrogens with zero attached hydrogens (tertiary/aromatic N) is 1. The lowest BCUT2D eigenvalue weighted by molar-refractivity contribution is -0.112. The maximum atomic E-state index is 12.8. The van der Waals surface area contributed by atoms with Crippen molar-refractivity contribution >= 4 is 61.1 Å². The monoisotopic (exact) mass is 680 g/mol. The van der Waals surface area contributed by atoms with Crippen LogP contribution in [0.3, 0.4) is 0 Å². The molecule has 4 aromatic carbocycles. The Morgan fingerprint density at radius 1 is 0.950 bits per heavy atom. The van der Waals surface area contributed by atoms with Crippen LogP contribution in [0.5, 0.6) is 17.2 Å². The van der Waals surface area contributed by atoms with Crippen molar-refractivity contribution in [3.05, 3.63) is 121 Å². The minimum absolute atomic E-state index is 0.0721. The van der Waals surface area contributed by atoms with Crippen LogP contribution >= 0.6 is 43.5 Å². The molecule has 1 amide bonds. The largest absolute Gasteiger partial charge is 0.493 e. The Balaban J connectivity index is 1.41. The second-order valence-corrected chi connectivity index (χ2v) is 10.7. The Morgan fingerprint density at radius 2 is 1.68 bits per heavy atom. The number of benzene rings is 4. The zero-order chi connectivity index (χ0) is 28.5. The molecule has 0 aromatic heterocycles. The number of carbonyl (C=O) groups is 1. The summed E-state index contributed by atoms with van der Waals surface area (Å²) in [4.78, 5) is 12.8. The van der Waals surface area contributed by atoms with E-state index in [1.54, 1.807) is 42.5 Å². The van der Waals surface area contributed by atoms with Crippen LogP contribution in [0, 0.1) is 11.3 Å². The van der Waals surface area contributed by atoms with Gasteiger partial charge in [0, 0.05) is 15.2 Å². The molecule has 0 aliphatic carbocycles. The normalized spacial score (nSPS) is 10.9. The molecule has 9 heteroatoms. The summed E-state index contributed by atoms with van der Waals surface area (Å²) in [5, 5.41) is 13.0. The zero-order valence-corrected chi connectivity index (χ0v) is 25.2. The van der Waals surface area contributed by atoms with Crippen LogP contribution in [0.1, 0.15) is 16.7 Å². The van der Waals surface area contributed by atoms with E-state index in [-0.39, 0.29) is 12.2 Å². The number of amides is 1. The third-order valence-corrected chi connectivity index (χ3v) is 6.98. The third-order valence-electron chi connectivity index (χ3n) is 5.63. The molecule has 0 saturated carbocycles. The number of nitriles is 1. The molecule has 0 radical (unpaired) electrons. The van der Waals surface area contributed by atoms with Crippen molar-refractivity contribution in [1.82, 2.24) is 0 Å². The van der Waals surface area contributed by atoms with Gasteiger partial charge in [0.2, 0.25) is 0 Å². The van der Waals surface area contributed by atoms with Crippen LogP contribution < -0.4 is 19.5 Å². The third kappa shape index (κ3) is 8.12. The summed E-state index contributed by atoms with van der Waals surface area (Å²) >= 11 is 13.0. The number of hydrogen-bond donors (Lipinski definition) is 1. The number of ether oxygens (including phenoxy) is 3. The van der Waals surface area contributed by atoms with Crippen molar-refractivity contribution in [2.75, 3.05) is 12.4 Å². The lowest BCUT2D eigenvalue weighted by atomic mass is 10.1. The molecular weight excluding hydrogens is 660 g/mol. The van der Waals surface area contributed by atoms with Gasteiger partial charge >= 0.3 is 0 Å². The highest BCUT2D eigenvalue weighted by Crippen LogP contribution is 2.38. The van der Waals surface area contributed by atoms with E-state index in [4.69, 9.17) is 25.8 Å². The van der Waals surface area contributed by atoms with Crippen molar-refractivity contribution < 1.29 is 19.0 Å². The van der Waals surface area contributed by atoms with E-state index in [0.717, 1.165) is 15.6 Å². The molecule has 0 spiro atoms. The summed E-state index contributed by atoms with van der Waals surface area (Å²) in [6.07, 6.45) is 1.49. The summed E-state index contributed by atoms with van der Waals surface area (Å²) < 4.78 is 18.9. The second-order valence-electron chi connectivity index (χ2n) is 8.52. The number of halogens is 3. The van der Waals surface area contributed by atoms with E-state index in [9.17, 15) is 10.1 Å². The first-order valence-electron chi connectivity index (χ1n) is 12.0. The number of hydrogen-bond acceptors (Lipinski definition) is 5. The van der Waals surface area contributed by atoms with Crippen LogP contribution in [0.15, 0.2) is 99.4 Å². The minimum atomic E-state index is -0.539. The van der Waals surface area contributed by atoms with Gasteiger partial charge in [-0.3, -0.25) is 4.79 Å². The van der Waals surface area contributed by atoms with E-state index < -0.39 is 5.91 Å². The SMILES string of the molecule is COc1cc(/C=C(\C#N)C(=O)Nc2ccc(OCc3ccc(Br)cc3)cc2)cc(Br)c1OCc1cccc(Cl)c1. The first kappa shape index (κ1) is 29.2. The summed E-state index contributed by atoms with van der Waals surface area (Å²) in [6, 6.07) is 27.6. The van der Waals surface area contributed by atoms with Gasteiger partial charge < -0.3 is 19.5 Å². The molecule has 1 N–H and O–H groups in total. The van der Waals surface area contributed by atoms with Crippen LogP contribution in [0.2, 0.25) is 5.02 Å². The maximum absolute atomic E-state index is 12.8. The topological polar surface area (TPSA) is 80.6 Å². The van der Waals surface area contributed by atoms with E-state index in [1.807, 2.05) is 48.5 Å². The summed E-state index contributed by atoms with van der Waals surface area (Å²) in [5.74, 6) is 1.05. The molecule has 4 rings (SSSR count). The lowest BCUT2D eigenvalue weighted by Gasteiger charge is -2.14. The van der Waals surface area contributed by atoms with Gasteiger partial charge in [-0.25, -0.2) is 0 Å². The molecular formula is C31H23Br2ClN2O4. The van der Waals surface area contributed by atoms with Gasteiger partial charge in [0.05, 0.1) is 11.6 Å². The van der Waals surface area contributed by atoms with E-state index in [0.29, 0.717) is 44.6 Å². The molecule has 6 nitrogen and oxygen atoms in total. The summed E-state index contributed by atoms with van der Waals surface area (Å²) in [6.45, 7) is 0.703. The first-order chi connectivity index (χ1) is 19.3. The van der Waals surface area contributed by atoms with Crippen LogP contribution in [-0.4, -0.2) is 13.0 Å². The molecule has 0 heterocycles. The Hall–Kier alpha value is -3.77. The van der Waals surface area contributed by atoms with Crippen molar-refractivity contribution in [1.29, 1.82) is 5.26 Å². The van der Waals surface area contributed by atoms with E-state index >= 15 is 0 Å². The molecule has 0 unspecified atom stereocenters. The molecule has 0 aliphatic heterocycles. The lowest BCUT2D eigenvalue weighted by Crippen LogP contribution is -2.13. The van der Waals surface area contributed by atoms with Crippen LogP contribution in [-0.2, 0) is 18.0 Å². The number of rotatable bonds is 10. The standard InChI is InChI=1S/C31H23Br2ClN2O4/c1-38-29-16-22(15-28(33)30(29)40-19-21-3-2-4-25(34)14-21)13-23(17-35)31(37)36-26-9-11-27(12-10-26)39-18-20-5-7-24(32)8-6-20/h2-16H,18-19H2,1H3,(H,36,37)/b23-13+. The van der Waals surface area contributed by atoms with Gasteiger partial charge in [-0.2, -0.15) is 5.26 Å². The Kier molecular flexibility index (Phi) is 10.3. The second kappa shape index (κ2) is 14.0. The highest BCUT2D eigenvalue weighted by atomic mass is 79.9. The molecule has 202 valence electrons. The molecule has 0 bridgehead atoms. The molecule has 0 fully saturated rings. The predicted octanol–water partition coefficient (Wildman–Crippen LogP) is 8.58. The molecule has 4 aromatic rings. The van der Waals surface area contributed by atoms with Gasteiger partial charge in [-0.1, -0.05) is 51.8 Å². The molecule has 0 saturated heterocycles. The molecule has 40 heavy (non-hydrogen) atoms.